The molecule has 4 atom stereocenters. The fraction of sp³-hybridized carbons (Fsp3) is 0.206. The van der Waals surface area contributed by atoms with Crippen LogP contribution in [0.2, 0.25) is 10.0 Å². The summed E-state index contributed by atoms with van der Waals surface area (Å²) < 4.78 is 5.41. The van der Waals surface area contributed by atoms with E-state index in [1.54, 1.807) is 72.8 Å². The van der Waals surface area contributed by atoms with Gasteiger partial charge in [-0.3, -0.25) is 19.3 Å². The molecule has 4 aromatic rings. The summed E-state index contributed by atoms with van der Waals surface area (Å²) in [4.78, 5) is 58.6. The number of rotatable bonds is 6. The van der Waals surface area contributed by atoms with Gasteiger partial charge in [-0.2, -0.15) is 0 Å². The highest BCUT2D eigenvalue weighted by Gasteiger charge is 2.60. The van der Waals surface area contributed by atoms with Gasteiger partial charge in [-0.15, -0.1) is 0 Å². The lowest BCUT2D eigenvalue weighted by Crippen LogP contribution is -2.32. The van der Waals surface area contributed by atoms with Gasteiger partial charge in [0.2, 0.25) is 11.8 Å². The fourth-order valence-electron chi connectivity index (χ4n) is 6.75. The Labute approximate surface area is 257 Å². The number of imide groups is 1. The van der Waals surface area contributed by atoms with Crippen LogP contribution in [0.4, 0.5) is 5.69 Å². The summed E-state index contributed by atoms with van der Waals surface area (Å²) >= 11 is 12.1. The Hall–Kier alpha value is -4.33. The van der Waals surface area contributed by atoms with Crippen molar-refractivity contribution in [2.45, 2.75) is 13.3 Å². The molecule has 2 bridgehead atoms. The molecular formula is C34H24Cl2N2O5. The lowest BCUT2D eigenvalue weighted by atomic mass is 9.82. The normalized spacial score (nSPS) is 22.2. The maximum Gasteiger partial charge on any atom is 0.339 e. The van der Waals surface area contributed by atoms with Gasteiger partial charge in [0.05, 0.1) is 34.3 Å². The Kier molecular flexibility index (Phi) is 6.67. The van der Waals surface area contributed by atoms with Crippen molar-refractivity contribution in [2.75, 3.05) is 11.5 Å². The highest BCUT2D eigenvalue weighted by atomic mass is 35.5. The molecule has 3 aliphatic rings. The number of nitrogens with zero attached hydrogens (tertiary/aromatic N) is 2. The third-order valence-electron chi connectivity index (χ3n) is 8.79. The number of aromatic nitrogens is 1. The molecule has 2 fully saturated rings. The number of pyridine rings is 1. The van der Waals surface area contributed by atoms with Crippen LogP contribution in [0.3, 0.4) is 0 Å². The van der Waals surface area contributed by atoms with Crippen molar-refractivity contribution in [3.05, 3.63) is 106 Å². The number of allylic oxidation sites excluding steroid dienone is 2. The number of fused-ring (bicyclic) bond motifs is 6. The van der Waals surface area contributed by atoms with E-state index in [9.17, 15) is 19.2 Å². The van der Waals surface area contributed by atoms with E-state index in [2.05, 4.69) is 6.08 Å². The minimum Gasteiger partial charge on any atom is -0.454 e. The monoisotopic (exact) mass is 610 g/mol. The van der Waals surface area contributed by atoms with Crippen LogP contribution >= 0.6 is 23.2 Å². The molecule has 9 heteroatoms. The lowest BCUT2D eigenvalue weighted by Gasteiger charge is -2.19. The zero-order valence-corrected chi connectivity index (χ0v) is 24.4. The summed E-state index contributed by atoms with van der Waals surface area (Å²) in [6.07, 6.45) is 3.03. The van der Waals surface area contributed by atoms with E-state index in [4.69, 9.17) is 32.9 Å². The molecule has 1 saturated heterocycles. The number of amides is 2. The SMILES string of the molecule is CC1=CC2CC1C1C(=O)N(c3ccc(-c4cc(C(=O)OCC(=O)c5ccc(Cl)cc5)c5cc(Cl)ccc5n4)cc3)C(=O)C21. The van der Waals surface area contributed by atoms with E-state index >= 15 is 0 Å². The second-order valence-electron chi connectivity index (χ2n) is 11.2. The molecule has 2 heterocycles. The van der Waals surface area contributed by atoms with Gasteiger partial charge in [0.1, 0.15) is 0 Å². The zero-order valence-electron chi connectivity index (χ0n) is 22.9. The number of Topliss-reactive ketones (excluding diaryl/α,β-unsaturated/α-hetero) is 1. The van der Waals surface area contributed by atoms with Gasteiger partial charge in [0, 0.05) is 26.6 Å². The number of halogens is 2. The number of carbonyl (C=O) groups is 4. The van der Waals surface area contributed by atoms with Crippen LogP contribution in [0.1, 0.15) is 34.1 Å². The second kappa shape index (κ2) is 10.4. The third-order valence-corrected chi connectivity index (χ3v) is 9.28. The first kappa shape index (κ1) is 27.5. The van der Waals surface area contributed by atoms with Crippen molar-refractivity contribution < 1.29 is 23.9 Å². The van der Waals surface area contributed by atoms with Crippen LogP contribution in [0, 0.1) is 23.7 Å². The molecule has 7 rings (SSSR count). The van der Waals surface area contributed by atoms with Gasteiger partial charge in [-0.25, -0.2) is 9.78 Å². The third kappa shape index (κ3) is 4.64. The second-order valence-corrected chi connectivity index (χ2v) is 12.1. The Bertz CT molecular complexity index is 1880. The van der Waals surface area contributed by atoms with Gasteiger partial charge in [-0.05, 0) is 85.8 Å². The molecule has 3 aromatic carbocycles. The van der Waals surface area contributed by atoms with Gasteiger partial charge >= 0.3 is 5.97 Å². The van der Waals surface area contributed by atoms with Crippen LogP contribution in [0.5, 0.6) is 0 Å². The Morgan fingerprint density at radius 3 is 2.35 bits per heavy atom. The van der Waals surface area contributed by atoms with Crippen molar-refractivity contribution in [3.8, 4) is 11.3 Å². The van der Waals surface area contributed by atoms with Crippen LogP contribution < -0.4 is 4.90 Å². The number of anilines is 1. The minimum atomic E-state index is -0.701. The topological polar surface area (TPSA) is 93.6 Å². The molecule has 0 spiro atoms. The maximum atomic E-state index is 13.4. The first-order valence-corrected chi connectivity index (χ1v) is 14.7. The van der Waals surface area contributed by atoms with Crippen LogP contribution in [0.15, 0.2) is 84.4 Å². The molecule has 4 unspecified atom stereocenters. The smallest absolute Gasteiger partial charge is 0.339 e. The Morgan fingerprint density at radius 2 is 1.60 bits per heavy atom. The van der Waals surface area contributed by atoms with Crippen molar-refractivity contribution in [2.24, 2.45) is 23.7 Å². The quantitative estimate of drug-likeness (QED) is 0.101. The average molecular weight is 611 g/mol. The number of esters is 1. The molecule has 214 valence electrons. The molecule has 0 radical (unpaired) electrons. The van der Waals surface area contributed by atoms with E-state index in [1.165, 1.54) is 10.5 Å². The first-order valence-electron chi connectivity index (χ1n) is 13.9. The molecule has 1 aromatic heterocycles. The van der Waals surface area contributed by atoms with Gasteiger partial charge < -0.3 is 4.74 Å². The van der Waals surface area contributed by atoms with E-state index in [0.717, 1.165) is 6.42 Å². The fourth-order valence-corrected chi connectivity index (χ4v) is 7.05. The van der Waals surface area contributed by atoms with Crippen molar-refractivity contribution in [1.82, 2.24) is 4.98 Å². The summed E-state index contributed by atoms with van der Waals surface area (Å²) in [6.45, 7) is 1.59. The number of benzene rings is 3. The molecule has 2 amide bonds. The summed E-state index contributed by atoms with van der Waals surface area (Å²) in [5.74, 6) is -1.64. The first-order chi connectivity index (χ1) is 20.7. The average Bonchev–Trinajstić information content (AvgIpc) is 3.65. The number of hydrogen-bond donors (Lipinski definition) is 0. The summed E-state index contributed by atoms with van der Waals surface area (Å²) in [5, 5.41) is 1.39. The summed E-state index contributed by atoms with van der Waals surface area (Å²) in [6, 6.07) is 19.9. The molecule has 7 nitrogen and oxygen atoms in total. The summed E-state index contributed by atoms with van der Waals surface area (Å²) in [5.41, 5.74) is 3.95. The van der Waals surface area contributed by atoms with E-state index in [1.807, 2.05) is 6.92 Å². The largest absolute Gasteiger partial charge is 0.454 e. The van der Waals surface area contributed by atoms with Gasteiger partial charge in [0.25, 0.3) is 0 Å². The number of carbonyl (C=O) groups excluding carboxylic acids is 4. The van der Waals surface area contributed by atoms with Crippen LogP contribution in [-0.2, 0) is 14.3 Å². The van der Waals surface area contributed by atoms with Gasteiger partial charge in [-0.1, -0.05) is 47.0 Å². The highest BCUT2D eigenvalue weighted by molar-refractivity contribution is 6.31. The number of ether oxygens (including phenoxy) is 1. The molecular weight excluding hydrogens is 587 g/mol. The van der Waals surface area contributed by atoms with E-state index in [-0.39, 0.29) is 46.8 Å². The standard InChI is InChI=1S/C34H24Cl2N2O5/c1-17-12-20-13-24(17)31-30(20)32(40)38(33(31)41)23-9-4-18(5-10-23)28-15-26(25-14-22(36)8-11-27(25)37-28)34(42)43-16-29(39)19-2-6-21(35)7-3-19/h2-12,14-15,20,24,30-31H,13,16H2,1H3. The van der Waals surface area contributed by atoms with Gasteiger partial charge in [0.15, 0.2) is 12.4 Å². The Morgan fingerprint density at radius 1 is 0.907 bits per heavy atom. The molecule has 1 aliphatic heterocycles. The lowest BCUT2D eigenvalue weighted by molar-refractivity contribution is -0.123. The number of hydrogen-bond acceptors (Lipinski definition) is 6. The van der Waals surface area contributed by atoms with Crippen molar-refractivity contribution >= 4 is 63.4 Å². The van der Waals surface area contributed by atoms with Crippen LogP contribution in [0.25, 0.3) is 22.2 Å². The van der Waals surface area contributed by atoms with E-state index in [0.29, 0.717) is 43.5 Å². The highest BCUT2D eigenvalue weighted by Crippen LogP contribution is 2.56. The van der Waals surface area contributed by atoms with Crippen LogP contribution in [-0.4, -0.2) is 35.2 Å². The van der Waals surface area contributed by atoms with E-state index < -0.39 is 12.6 Å². The zero-order chi connectivity index (χ0) is 30.0. The molecule has 43 heavy (non-hydrogen) atoms. The Balaban J connectivity index is 1.16. The molecule has 2 aliphatic carbocycles. The molecule has 0 N–H and O–H groups in total. The number of ketones is 1. The van der Waals surface area contributed by atoms with Crippen molar-refractivity contribution in [1.29, 1.82) is 0 Å². The van der Waals surface area contributed by atoms with Crippen molar-refractivity contribution in [3.63, 3.8) is 0 Å². The summed E-state index contributed by atoms with van der Waals surface area (Å²) in [7, 11) is 0. The molecule has 1 saturated carbocycles. The predicted molar refractivity (Wildman–Crippen MR) is 163 cm³/mol. The predicted octanol–water partition coefficient (Wildman–Crippen LogP) is 6.95. The minimum absolute atomic E-state index is 0.130. The maximum absolute atomic E-state index is 13.4.